The summed E-state index contributed by atoms with van der Waals surface area (Å²) in [6.45, 7) is 0.139. The van der Waals surface area contributed by atoms with E-state index in [9.17, 15) is 18.0 Å². The Labute approximate surface area is 83.0 Å². The van der Waals surface area contributed by atoms with E-state index < -0.39 is 18.6 Å². The van der Waals surface area contributed by atoms with Gasteiger partial charge < -0.3 is 0 Å². The molecular formula is C7H9F3N4O. The first-order chi connectivity index (χ1) is 6.85. The Kier molecular flexibility index (Phi) is 2.98. The van der Waals surface area contributed by atoms with Gasteiger partial charge in [0.15, 0.2) is 0 Å². The molecule has 0 spiro atoms. The number of hydrazine groups is 1. The van der Waals surface area contributed by atoms with E-state index >= 15 is 0 Å². The van der Waals surface area contributed by atoms with Crippen LogP contribution in [0.5, 0.6) is 0 Å². The minimum atomic E-state index is -4.37. The van der Waals surface area contributed by atoms with Crippen molar-refractivity contribution in [3.8, 4) is 0 Å². The highest BCUT2D eigenvalue weighted by Gasteiger charge is 2.29. The van der Waals surface area contributed by atoms with Gasteiger partial charge in [0.1, 0.15) is 6.54 Å². The van der Waals surface area contributed by atoms with E-state index in [1.54, 1.807) is 0 Å². The molecule has 84 valence electrons. The summed E-state index contributed by atoms with van der Waals surface area (Å²) < 4.78 is 36.8. The predicted octanol–water partition coefficient (Wildman–Crippen LogP) is 0.357. The van der Waals surface area contributed by atoms with E-state index in [0.29, 0.717) is 4.68 Å². The number of nitrogens with two attached hydrogens (primary N) is 1. The lowest BCUT2D eigenvalue weighted by atomic mass is 10.2. The van der Waals surface area contributed by atoms with Crippen LogP contribution in [-0.2, 0) is 6.54 Å². The van der Waals surface area contributed by atoms with Gasteiger partial charge in [-0.05, 0) is 6.92 Å². The fourth-order valence-corrected chi connectivity index (χ4v) is 1.08. The average molecular weight is 222 g/mol. The highest BCUT2D eigenvalue weighted by atomic mass is 19.4. The molecule has 1 heterocycles. The van der Waals surface area contributed by atoms with Crippen molar-refractivity contribution in [2.45, 2.75) is 19.6 Å². The molecule has 0 aromatic carbocycles. The lowest BCUT2D eigenvalue weighted by Crippen LogP contribution is -2.30. The summed E-state index contributed by atoms with van der Waals surface area (Å²) in [5.41, 5.74) is 1.97. The summed E-state index contributed by atoms with van der Waals surface area (Å²) in [7, 11) is 0. The van der Waals surface area contributed by atoms with Gasteiger partial charge in [-0.15, -0.1) is 0 Å². The smallest absolute Gasteiger partial charge is 0.290 e. The second-order valence-electron chi connectivity index (χ2n) is 2.89. The Balaban J connectivity index is 2.94. The summed E-state index contributed by atoms with van der Waals surface area (Å²) >= 11 is 0. The van der Waals surface area contributed by atoms with Gasteiger partial charge in [-0.2, -0.15) is 18.3 Å². The van der Waals surface area contributed by atoms with E-state index in [2.05, 4.69) is 5.10 Å². The number of nitrogens with one attached hydrogen (secondary N) is 1. The third-order valence-corrected chi connectivity index (χ3v) is 1.81. The average Bonchev–Trinajstić information content (AvgIpc) is 2.45. The van der Waals surface area contributed by atoms with Crippen LogP contribution in [0.4, 0.5) is 13.2 Å². The van der Waals surface area contributed by atoms with Crippen molar-refractivity contribution in [2.75, 3.05) is 0 Å². The van der Waals surface area contributed by atoms with Crippen molar-refractivity contribution >= 4 is 5.91 Å². The molecule has 3 N–H and O–H groups in total. The van der Waals surface area contributed by atoms with Crippen molar-refractivity contribution in [3.05, 3.63) is 17.5 Å². The number of halogens is 3. The normalized spacial score (nSPS) is 11.5. The first-order valence-corrected chi connectivity index (χ1v) is 3.95. The summed E-state index contributed by atoms with van der Waals surface area (Å²) in [4.78, 5) is 11.0. The highest BCUT2D eigenvalue weighted by Crippen LogP contribution is 2.19. The molecule has 15 heavy (non-hydrogen) atoms. The predicted molar refractivity (Wildman–Crippen MR) is 44.7 cm³/mol. The van der Waals surface area contributed by atoms with Gasteiger partial charge in [0.25, 0.3) is 5.91 Å². The fraction of sp³-hybridized carbons (Fsp3) is 0.429. The summed E-state index contributed by atoms with van der Waals surface area (Å²) in [5, 5.41) is 3.45. The maximum absolute atomic E-state index is 12.0. The van der Waals surface area contributed by atoms with Crippen LogP contribution in [-0.4, -0.2) is 21.9 Å². The topological polar surface area (TPSA) is 72.9 Å². The minimum absolute atomic E-state index is 0.0294. The van der Waals surface area contributed by atoms with Crippen LogP contribution in [0.15, 0.2) is 6.20 Å². The molecule has 1 aromatic heterocycles. The largest absolute Gasteiger partial charge is 0.408 e. The Morgan fingerprint density at radius 3 is 2.73 bits per heavy atom. The standard InChI is InChI=1S/C7H9F3N4O/c1-4-5(6(15)13-11)2-12-14(4)3-7(8,9)10/h2H,3,11H2,1H3,(H,13,15). The van der Waals surface area contributed by atoms with Crippen molar-refractivity contribution < 1.29 is 18.0 Å². The van der Waals surface area contributed by atoms with E-state index in [4.69, 9.17) is 5.84 Å². The number of nitrogen functional groups attached to an aromatic ring is 1. The lowest BCUT2D eigenvalue weighted by Gasteiger charge is -2.08. The molecule has 0 aliphatic carbocycles. The number of carbonyl (C=O) groups excluding carboxylic acids is 1. The van der Waals surface area contributed by atoms with Gasteiger partial charge in [-0.25, -0.2) is 5.84 Å². The van der Waals surface area contributed by atoms with Crippen LogP contribution in [0.2, 0.25) is 0 Å². The molecular weight excluding hydrogens is 213 g/mol. The number of amides is 1. The first kappa shape index (κ1) is 11.5. The number of aromatic nitrogens is 2. The number of carbonyl (C=O) groups is 1. The zero-order valence-corrected chi connectivity index (χ0v) is 7.80. The molecule has 1 amide bonds. The second kappa shape index (κ2) is 3.89. The number of hydrogen-bond acceptors (Lipinski definition) is 3. The first-order valence-electron chi connectivity index (χ1n) is 3.95. The van der Waals surface area contributed by atoms with Crippen molar-refractivity contribution in [2.24, 2.45) is 5.84 Å². The van der Waals surface area contributed by atoms with Crippen molar-refractivity contribution in [1.29, 1.82) is 0 Å². The van der Waals surface area contributed by atoms with Crippen molar-refractivity contribution in [3.63, 3.8) is 0 Å². The molecule has 1 aromatic rings. The molecule has 0 bridgehead atoms. The maximum Gasteiger partial charge on any atom is 0.408 e. The van der Waals surface area contributed by atoms with Crippen LogP contribution in [0.1, 0.15) is 16.1 Å². The van der Waals surface area contributed by atoms with Gasteiger partial charge in [0.05, 0.1) is 11.8 Å². The highest BCUT2D eigenvalue weighted by molar-refractivity contribution is 5.94. The third-order valence-electron chi connectivity index (χ3n) is 1.81. The Morgan fingerprint density at radius 2 is 2.27 bits per heavy atom. The second-order valence-corrected chi connectivity index (χ2v) is 2.89. The Morgan fingerprint density at radius 1 is 1.67 bits per heavy atom. The van der Waals surface area contributed by atoms with Gasteiger partial charge in [-0.1, -0.05) is 0 Å². The van der Waals surface area contributed by atoms with Crippen LogP contribution in [0.25, 0.3) is 0 Å². The molecule has 0 saturated carbocycles. The van der Waals surface area contributed by atoms with Crippen LogP contribution >= 0.6 is 0 Å². The molecule has 8 heteroatoms. The summed E-state index contributed by atoms with van der Waals surface area (Å²) in [6, 6.07) is 0. The molecule has 0 aliphatic heterocycles. The Hall–Kier alpha value is -1.57. The lowest BCUT2D eigenvalue weighted by molar-refractivity contribution is -0.142. The fourth-order valence-electron chi connectivity index (χ4n) is 1.08. The van der Waals surface area contributed by atoms with Gasteiger partial charge in [-0.3, -0.25) is 14.9 Å². The minimum Gasteiger partial charge on any atom is -0.290 e. The zero-order chi connectivity index (χ0) is 11.6. The van der Waals surface area contributed by atoms with Crippen LogP contribution in [0, 0.1) is 6.92 Å². The Bertz CT molecular complexity index is 371. The van der Waals surface area contributed by atoms with Gasteiger partial charge in [0.2, 0.25) is 0 Å². The summed E-state index contributed by atoms with van der Waals surface area (Å²) in [5.74, 6) is 4.18. The molecule has 0 atom stereocenters. The monoisotopic (exact) mass is 222 g/mol. The van der Waals surface area contributed by atoms with E-state index in [-0.39, 0.29) is 11.3 Å². The third kappa shape index (κ3) is 2.69. The SMILES string of the molecule is Cc1c(C(=O)NN)cnn1CC(F)(F)F. The van der Waals surface area contributed by atoms with Crippen LogP contribution in [0.3, 0.4) is 0 Å². The van der Waals surface area contributed by atoms with Crippen LogP contribution < -0.4 is 11.3 Å². The number of rotatable bonds is 2. The van der Waals surface area contributed by atoms with Crippen molar-refractivity contribution in [1.82, 2.24) is 15.2 Å². The quantitative estimate of drug-likeness (QED) is 0.431. The molecule has 0 fully saturated rings. The van der Waals surface area contributed by atoms with E-state index in [0.717, 1.165) is 6.20 Å². The van der Waals surface area contributed by atoms with E-state index in [1.165, 1.54) is 6.92 Å². The molecule has 0 aliphatic rings. The summed E-state index contributed by atoms with van der Waals surface area (Å²) in [6.07, 6.45) is -3.32. The molecule has 5 nitrogen and oxygen atoms in total. The molecule has 1 rings (SSSR count). The zero-order valence-electron chi connectivity index (χ0n) is 7.80. The van der Waals surface area contributed by atoms with Gasteiger partial charge in [0, 0.05) is 5.69 Å². The molecule has 0 saturated heterocycles. The van der Waals surface area contributed by atoms with E-state index in [1.807, 2.05) is 5.43 Å². The van der Waals surface area contributed by atoms with Gasteiger partial charge >= 0.3 is 6.18 Å². The number of hydrogen-bond donors (Lipinski definition) is 2. The molecule has 0 unspecified atom stereocenters. The number of nitrogens with zero attached hydrogens (tertiary/aromatic N) is 2. The molecule has 0 radical (unpaired) electrons. The maximum atomic E-state index is 12.0. The number of alkyl halides is 3.